The fourth-order valence-electron chi connectivity index (χ4n) is 0.736. The van der Waals surface area contributed by atoms with E-state index >= 15 is 0 Å². The first-order valence-electron chi connectivity index (χ1n) is 4.52. The molecule has 0 aromatic heterocycles. The molecule has 0 aliphatic rings. The molecule has 1 atom stereocenters. The van der Waals surface area contributed by atoms with Crippen molar-refractivity contribution in [3.8, 4) is 0 Å². The molecule has 0 heterocycles. The molecule has 0 saturated heterocycles. The van der Waals surface area contributed by atoms with Gasteiger partial charge in [-0.25, -0.2) is 0 Å². The van der Waals surface area contributed by atoms with Crippen LogP contribution in [0.2, 0.25) is 0 Å². The number of hydrogen-bond acceptors (Lipinski definition) is 2. The molecule has 1 unspecified atom stereocenters. The van der Waals surface area contributed by atoms with E-state index in [1.54, 1.807) is 0 Å². The van der Waals surface area contributed by atoms with Crippen molar-refractivity contribution in [2.75, 3.05) is 30.6 Å². The highest BCUT2D eigenvalue weighted by molar-refractivity contribution is 7.99. The zero-order valence-electron chi connectivity index (χ0n) is 8.01. The van der Waals surface area contributed by atoms with Gasteiger partial charge in [0.25, 0.3) is 0 Å². The summed E-state index contributed by atoms with van der Waals surface area (Å²) < 4.78 is 5.23. The molecular weight excluding hydrogens is 192 g/mol. The summed E-state index contributed by atoms with van der Waals surface area (Å²) in [5, 5.41) is 0. The second-order valence-electron chi connectivity index (χ2n) is 2.88. The minimum absolute atomic E-state index is 0.642. The molecule has 3 heteroatoms. The van der Waals surface area contributed by atoms with Crippen molar-refractivity contribution < 1.29 is 4.74 Å². The quantitative estimate of drug-likeness (QED) is 0.450. The van der Waals surface area contributed by atoms with Crippen LogP contribution in [0.4, 0.5) is 0 Å². The molecule has 0 aromatic rings. The highest BCUT2D eigenvalue weighted by Gasteiger charge is 1.98. The van der Waals surface area contributed by atoms with Gasteiger partial charge in [0.1, 0.15) is 0 Å². The van der Waals surface area contributed by atoms with Crippen LogP contribution < -0.4 is 0 Å². The van der Waals surface area contributed by atoms with Gasteiger partial charge in [0.05, 0.1) is 0 Å². The maximum Gasteiger partial charge on any atom is 0.0473 e. The summed E-state index contributed by atoms with van der Waals surface area (Å²) in [6.45, 7) is 5.95. The van der Waals surface area contributed by atoms with E-state index in [0.717, 1.165) is 25.5 Å². The van der Waals surface area contributed by atoms with Gasteiger partial charge in [0.2, 0.25) is 0 Å². The van der Waals surface area contributed by atoms with Crippen LogP contribution in [0.1, 0.15) is 20.3 Å². The van der Waals surface area contributed by atoms with E-state index in [0.29, 0.717) is 5.92 Å². The first-order chi connectivity index (χ1) is 5.81. The molecule has 0 fully saturated rings. The molecular formula is C9H19ClOS. The summed E-state index contributed by atoms with van der Waals surface area (Å²) in [6.07, 6.45) is 1.16. The predicted molar refractivity (Wildman–Crippen MR) is 58.3 cm³/mol. The Morgan fingerprint density at radius 3 is 2.83 bits per heavy atom. The summed E-state index contributed by atoms with van der Waals surface area (Å²) in [5.74, 6) is 3.79. The predicted octanol–water partition coefficient (Wildman–Crippen LogP) is 3.02. The highest BCUT2D eigenvalue weighted by Crippen LogP contribution is 2.10. The van der Waals surface area contributed by atoms with Gasteiger partial charge in [0.15, 0.2) is 0 Å². The minimum Gasteiger partial charge on any atom is -0.382 e. The molecule has 0 rings (SSSR count). The number of thioether (sulfide) groups is 1. The molecule has 0 amide bonds. The van der Waals surface area contributed by atoms with Crippen molar-refractivity contribution in [2.24, 2.45) is 5.92 Å². The monoisotopic (exact) mass is 210 g/mol. The first kappa shape index (κ1) is 12.6. The third-order valence-corrected chi connectivity index (χ3v) is 3.36. The largest absolute Gasteiger partial charge is 0.382 e. The van der Waals surface area contributed by atoms with Gasteiger partial charge in [-0.2, -0.15) is 11.8 Å². The summed E-state index contributed by atoms with van der Waals surface area (Å²) in [5.41, 5.74) is 0. The van der Waals surface area contributed by atoms with Crippen LogP contribution in [0.15, 0.2) is 0 Å². The second-order valence-corrected chi connectivity index (χ2v) is 4.34. The lowest BCUT2D eigenvalue weighted by Crippen LogP contribution is -2.01. The molecule has 0 radical (unpaired) electrons. The van der Waals surface area contributed by atoms with E-state index in [2.05, 4.69) is 6.92 Å². The Bertz CT molecular complexity index is 90.6. The Morgan fingerprint density at radius 2 is 2.25 bits per heavy atom. The summed E-state index contributed by atoms with van der Waals surface area (Å²) in [6, 6.07) is 0. The van der Waals surface area contributed by atoms with E-state index in [1.807, 2.05) is 18.7 Å². The Hall–Kier alpha value is 0.600. The smallest absolute Gasteiger partial charge is 0.0473 e. The van der Waals surface area contributed by atoms with Crippen LogP contribution in [-0.4, -0.2) is 30.6 Å². The van der Waals surface area contributed by atoms with Crippen LogP contribution in [0.5, 0.6) is 0 Å². The van der Waals surface area contributed by atoms with E-state index in [1.165, 1.54) is 11.5 Å². The van der Waals surface area contributed by atoms with E-state index in [9.17, 15) is 0 Å². The average molecular weight is 211 g/mol. The lowest BCUT2D eigenvalue weighted by atomic mass is 10.3. The van der Waals surface area contributed by atoms with Crippen molar-refractivity contribution in [1.29, 1.82) is 0 Å². The zero-order valence-corrected chi connectivity index (χ0v) is 9.59. The van der Waals surface area contributed by atoms with Crippen molar-refractivity contribution in [3.63, 3.8) is 0 Å². The number of rotatable bonds is 8. The van der Waals surface area contributed by atoms with Crippen LogP contribution >= 0.6 is 23.4 Å². The summed E-state index contributed by atoms with van der Waals surface area (Å²) in [4.78, 5) is 0. The molecule has 0 aromatic carbocycles. The standard InChI is InChI=1S/C9H19ClOS/c1-3-11-5-4-6-12-8-9(2)7-10/h9H,3-8H2,1-2H3. The van der Waals surface area contributed by atoms with E-state index in [-0.39, 0.29) is 0 Å². The van der Waals surface area contributed by atoms with Crippen LogP contribution in [0, 0.1) is 5.92 Å². The molecule has 0 spiro atoms. The topological polar surface area (TPSA) is 9.23 Å². The number of ether oxygens (including phenoxy) is 1. The third-order valence-electron chi connectivity index (χ3n) is 1.45. The molecule has 0 N–H and O–H groups in total. The molecule has 0 saturated carbocycles. The fraction of sp³-hybridized carbons (Fsp3) is 1.00. The fourth-order valence-corrected chi connectivity index (χ4v) is 1.98. The molecule has 74 valence electrons. The number of alkyl halides is 1. The number of hydrogen-bond donors (Lipinski definition) is 0. The second kappa shape index (κ2) is 9.69. The van der Waals surface area contributed by atoms with Crippen molar-refractivity contribution >= 4 is 23.4 Å². The maximum atomic E-state index is 5.68. The molecule has 0 bridgehead atoms. The first-order valence-corrected chi connectivity index (χ1v) is 6.21. The lowest BCUT2D eigenvalue weighted by Gasteiger charge is -2.06. The van der Waals surface area contributed by atoms with Crippen molar-refractivity contribution in [3.05, 3.63) is 0 Å². The summed E-state index contributed by atoms with van der Waals surface area (Å²) >= 11 is 7.65. The minimum atomic E-state index is 0.642. The van der Waals surface area contributed by atoms with E-state index < -0.39 is 0 Å². The summed E-state index contributed by atoms with van der Waals surface area (Å²) in [7, 11) is 0. The Morgan fingerprint density at radius 1 is 1.50 bits per heavy atom. The average Bonchev–Trinajstić information content (AvgIpc) is 2.10. The Kier molecular flexibility index (Phi) is 10.2. The van der Waals surface area contributed by atoms with Gasteiger partial charge in [-0.15, -0.1) is 11.6 Å². The van der Waals surface area contributed by atoms with Gasteiger partial charge in [-0.3, -0.25) is 0 Å². The Balaban J connectivity index is 2.90. The van der Waals surface area contributed by atoms with Gasteiger partial charge in [0, 0.05) is 19.1 Å². The van der Waals surface area contributed by atoms with Gasteiger partial charge in [-0.05, 0) is 30.8 Å². The molecule has 0 aliphatic heterocycles. The van der Waals surface area contributed by atoms with Crippen LogP contribution in [0.25, 0.3) is 0 Å². The van der Waals surface area contributed by atoms with E-state index in [4.69, 9.17) is 16.3 Å². The third kappa shape index (κ3) is 8.69. The zero-order chi connectivity index (χ0) is 9.23. The number of halogens is 1. The molecule has 1 nitrogen and oxygen atoms in total. The van der Waals surface area contributed by atoms with Crippen molar-refractivity contribution in [1.82, 2.24) is 0 Å². The van der Waals surface area contributed by atoms with Crippen LogP contribution in [0.3, 0.4) is 0 Å². The SMILES string of the molecule is CCOCCCSCC(C)CCl. The Labute approximate surface area is 85.2 Å². The van der Waals surface area contributed by atoms with Gasteiger partial charge < -0.3 is 4.74 Å². The maximum absolute atomic E-state index is 5.68. The highest BCUT2D eigenvalue weighted by atomic mass is 35.5. The van der Waals surface area contributed by atoms with Crippen LogP contribution in [-0.2, 0) is 4.74 Å². The molecule has 0 aliphatic carbocycles. The van der Waals surface area contributed by atoms with Gasteiger partial charge >= 0.3 is 0 Å². The molecule has 12 heavy (non-hydrogen) atoms. The normalized spacial score (nSPS) is 13.2. The van der Waals surface area contributed by atoms with Crippen molar-refractivity contribution in [2.45, 2.75) is 20.3 Å². The van der Waals surface area contributed by atoms with Gasteiger partial charge in [-0.1, -0.05) is 6.92 Å². The lowest BCUT2D eigenvalue weighted by molar-refractivity contribution is 0.149.